The van der Waals surface area contributed by atoms with Crippen LogP contribution in [0, 0.1) is 23.2 Å². The van der Waals surface area contributed by atoms with E-state index in [2.05, 4.69) is 23.5 Å². The lowest BCUT2D eigenvalue weighted by molar-refractivity contribution is 0.366. The van der Waals surface area contributed by atoms with Crippen molar-refractivity contribution < 1.29 is 0 Å². The minimum absolute atomic E-state index is 0.576. The molecular formula is C13H14N2. The van der Waals surface area contributed by atoms with Crippen LogP contribution in [0.2, 0.25) is 0 Å². The highest BCUT2D eigenvalue weighted by Crippen LogP contribution is 2.44. The number of fused-ring (bicyclic) bond motifs is 3. The monoisotopic (exact) mass is 198 g/mol. The number of nitrogens with zero attached hydrogens (tertiary/aromatic N) is 1. The van der Waals surface area contributed by atoms with Gasteiger partial charge in [-0.05, 0) is 42.9 Å². The molecule has 1 aliphatic heterocycles. The fraction of sp³-hybridized carbons (Fsp3) is 0.462. The van der Waals surface area contributed by atoms with Crippen LogP contribution in [0.15, 0.2) is 35.1 Å². The van der Waals surface area contributed by atoms with E-state index >= 15 is 0 Å². The van der Waals surface area contributed by atoms with E-state index in [-0.39, 0.29) is 0 Å². The molecule has 1 N–H and O–H groups in total. The summed E-state index contributed by atoms with van der Waals surface area (Å²) >= 11 is 0. The summed E-state index contributed by atoms with van der Waals surface area (Å²) in [4.78, 5) is 0. The molecule has 2 heteroatoms. The van der Waals surface area contributed by atoms with E-state index in [4.69, 9.17) is 5.26 Å². The zero-order valence-electron chi connectivity index (χ0n) is 8.66. The summed E-state index contributed by atoms with van der Waals surface area (Å²) in [7, 11) is 0. The number of hydrogen-bond acceptors (Lipinski definition) is 2. The zero-order chi connectivity index (χ0) is 10.3. The second kappa shape index (κ2) is 3.27. The predicted octanol–water partition coefficient (Wildman–Crippen LogP) is 2.28. The first kappa shape index (κ1) is 8.79. The van der Waals surface area contributed by atoms with E-state index < -0.39 is 0 Å². The van der Waals surface area contributed by atoms with Crippen molar-refractivity contribution >= 4 is 0 Å². The Kier molecular flexibility index (Phi) is 1.92. The molecule has 0 aromatic carbocycles. The summed E-state index contributed by atoms with van der Waals surface area (Å²) in [6.45, 7) is 1.11. The Balaban J connectivity index is 1.93. The first-order chi connectivity index (χ1) is 7.38. The van der Waals surface area contributed by atoms with Gasteiger partial charge < -0.3 is 5.32 Å². The molecule has 0 aromatic heterocycles. The lowest BCUT2D eigenvalue weighted by Crippen LogP contribution is -2.29. The van der Waals surface area contributed by atoms with Gasteiger partial charge in [0.15, 0.2) is 0 Å². The van der Waals surface area contributed by atoms with Gasteiger partial charge in [0, 0.05) is 23.7 Å². The van der Waals surface area contributed by atoms with Gasteiger partial charge in [-0.15, -0.1) is 0 Å². The molecule has 0 bridgehead atoms. The number of nitriles is 1. The van der Waals surface area contributed by atoms with E-state index in [1.54, 1.807) is 0 Å². The molecule has 0 radical (unpaired) electrons. The van der Waals surface area contributed by atoms with E-state index in [1.807, 2.05) is 6.08 Å². The lowest BCUT2D eigenvalue weighted by Gasteiger charge is -2.29. The molecule has 3 aliphatic rings. The molecule has 2 aliphatic carbocycles. The highest BCUT2D eigenvalue weighted by Gasteiger charge is 2.36. The molecule has 2 nitrogen and oxygen atoms in total. The summed E-state index contributed by atoms with van der Waals surface area (Å²) in [5.41, 5.74) is 3.76. The first-order valence-electron chi connectivity index (χ1n) is 5.65. The second-order valence-corrected chi connectivity index (χ2v) is 4.56. The van der Waals surface area contributed by atoms with Crippen molar-refractivity contribution in [3.05, 3.63) is 35.1 Å². The predicted molar refractivity (Wildman–Crippen MR) is 58.7 cm³/mol. The Labute approximate surface area is 90.0 Å². The van der Waals surface area contributed by atoms with Crippen LogP contribution in [0.4, 0.5) is 0 Å². The molecule has 2 unspecified atom stereocenters. The van der Waals surface area contributed by atoms with Crippen molar-refractivity contribution in [2.24, 2.45) is 11.8 Å². The molecule has 0 aromatic rings. The van der Waals surface area contributed by atoms with Crippen molar-refractivity contribution in [3.8, 4) is 6.07 Å². The third kappa shape index (κ3) is 1.31. The van der Waals surface area contributed by atoms with Gasteiger partial charge in [0.1, 0.15) is 0 Å². The molecule has 1 saturated heterocycles. The van der Waals surface area contributed by atoms with E-state index in [0.717, 1.165) is 18.5 Å². The van der Waals surface area contributed by atoms with Crippen LogP contribution in [0.3, 0.4) is 0 Å². The van der Waals surface area contributed by atoms with Crippen LogP contribution >= 0.6 is 0 Å². The van der Waals surface area contributed by atoms with Gasteiger partial charge in [-0.1, -0.05) is 6.08 Å². The fourth-order valence-electron chi connectivity index (χ4n) is 2.95. The third-order valence-electron chi connectivity index (χ3n) is 3.72. The third-order valence-corrected chi connectivity index (χ3v) is 3.72. The average molecular weight is 198 g/mol. The van der Waals surface area contributed by atoms with Crippen molar-refractivity contribution in [1.29, 1.82) is 5.26 Å². The molecule has 1 heterocycles. The Bertz CT molecular complexity index is 420. The zero-order valence-corrected chi connectivity index (χ0v) is 8.66. The minimum Gasteiger partial charge on any atom is -0.388 e. The molecule has 2 atom stereocenters. The van der Waals surface area contributed by atoms with Crippen LogP contribution in [-0.2, 0) is 0 Å². The molecule has 76 valence electrons. The van der Waals surface area contributed by atoms with Gasteiger partial charge in [0.25, 0.3) is 0 Å². The topological polar surface area (TPSA) is 35.8 Å². The maximum Gasteiger partial charge on any atom is 0.0947 e. The van der Waals surface area contributed by atoms with Crippen LogP contribution in [-0.4, -0.2) is 6.54 Å². The summed E-state index contributed by atoms with van der Waals surface area (Å²) in [5.74, 6) is 1.23. The minimum atomic E-state index is 0.576. The summed E-state index contributed by atoms with van der Waals surface area (Å²) < 4.78 is 0. The number of hydrogen-bond donors (Lipinski definition) is 1. The lowest BCUT2D eigenvalue weighted by atomic mass is 9.79. The normalized spacial score (nSPS) is 32.6. The standard InChI is InChI=1S/C13H14N2/c14-8-9-3-4-10-7-13-11(12(10)6-9)2-1-5-15-13/h3-4,7,11-12,15H,1-2,5-6H2. The van der Waals surface area contributed by atoms with Crippen LogP contribution < -0.4 is 5.32 Å². The maximum atomic E-state index is 8.93. The highest BCUT2D eigenvalue weighted by atomic mass is 14.9. The Hall–Kier alpha value is -1.49. The van der Waals surface area contributed by atoms with Gasteiger partial charge >= 0.3 is 0 Å². The van der Waals surface area contributed by atoms with Gasteiger partial charge in [-0.25, -0.2) is 0 Å². The second-order valence-electron chi connectivity index (χ2n) is 4.56. The quantitative estimate of drug-likeness (QED) is 0.648. The summed E-state index contributed by atoms with van der Waals surface area (Å²) in [5, 5.41) is 12.4. The summed E-state index contributed by atoms with van der Waals surface area (Å²) in [6.07, 6.45) is 9.87. The number of nitrogens with one attached hydrogen (secondary N) is 1. The van der Waals surface area contributed by atoms with Crippen LogP contribution in [0.5, 0.6) is 0 Å². The van der Waals surface area contributed by atoms with Crippen molar-refractivity contribution in [2.45, 2.75) is 19.3 Å². The maximum absolute atomic E-state index is 8.93. The SMILES string of the molecule is N#CC1=CC=C2C=C3NCCCC3C2C1. The Morgan fingerprint density at radius 3 is 3.13 bits per heavy atom. The largest absolute Gasteiger partial charge is 0.388 e. The Morgan fingerprint density at radius 1 is 1.33 bits per heavy atom. The smallest absolute Gasteiger partial charge is 0.0947 e. The van der Waals surface area contributed by atoms with E-state index in [0.29, 0.717) is 11.8 Å². The number of rotatable bonds is 0. The van der Waals surface area contributed by atoms with Crippen molar-refractivity contribution in [3.63, 3.8) is 0 Å². The Morgan fingerprint density at radius 2 is 2.27 bits per heavy atom. The molecular weight excluding hydrogens is 184 g/mol. The molecule has 0 spiro atoms. The van der Waals surface area contributed by atoms with Crippen molar-refractivity contribution in [2.75, 3.05) is 6.54 Å². The van der Waals surface area contributed by atoms with Crippen molar-refractivity contribution in [1.82, 2.24) is 5.32 Å². The average Bonchev–Trinajstić information content (AvgIpc) is 2.66. The van der Waals surface area contributed by atoms with Crippen LogP contribution in [0.25, 0.3) is 0 Å². The number of allylic oxidation sites excluding steroid dienone is 6. The van der Waals surface area contributed by atoms with Crippen LogP contribution in [0.1, 0.15) is 19.3 Å². The molecule has 0 amide bonds. The molecule has 3 rings (SSSR count). The number of piperidine rings is 1. The van der Waals surface area contributed by atoms with Gasteiger partial charge in [-0.2, -0.15) is 5.26 Å². The highest BCUT2D eigenvalue weighted by molar-refractivity contribution is 5.45. The first-order valence-corrected chi connectivity index (χ1v) is 5.65. The van der Waals surface area contributed by atoms with Gasteiger partial charge in [0.2, 0.25) is 0 Å². The van der Waals surface area contributed by atoms with Gasteiger partial charge in [-0.3, -0.25) is 0 Å². The van der Waals surface area contributed by atoms with Gasteiger partial charge in [0.05, 0.1) is 6.07 Å². The fourth-order valence-corrected chi connectivity index (χ4v) is 2.95. The van der Waals surface area contributed by atoms with E-state index in [1.165, 1.54) is 24.1 Å². The molecule has 0 saturated carbocycles. The van der Waals surface area contributed by atoms with E-state index in [9.17, 15) is 0 Å². The summed E-state index contributed by atoms with van der Waals surface area (Å²) in [6, 6.07) is 2.29. The molecule has 1 fully saturated rings. The molecule has 15 heavy (non-hydrogen) atoms.